The van der Waals surface area contributed by atoms with E-state index < -0.39 is 4.92 Å². The second-order valence-corrected chi connectivity index (χ2v) is 6.99. The monoisotopic (exact) mass is 336 g/mol. The van der Waals surface area contributed by atoms with E-state index in [0.717, 1.165) is 25.9 Å². The number of hydrogen-bond acceptors (Lipinski definition) is 5. The van der Waals surface area contributed by atoms with Crippen molar-refractivity contribution in [2.45, 2.75) is 10.1 Å². The largest absolute Gasteiger partial charge is 0.269 e. The first-order valence-electron chi connectivity index (χ1n) is 6.04. The molecule has 0 aliphatic rings. The number of thiazole rings is 1. The first-order chi connectivity index (χ1) is 10.1. The fourth-order valence-corrected chi connectivity index (χ4v) is 3.97. The van der Waals surface area contributed by atoms with Gasteiger partial charge in [-0.3, -0.25) is 10.1 Å². The van der Waals surface area contributed by atoms with E-state index in [9.17, 15) is 10.1 Å². The minimum absolute atomic E-state index is 0.110. The van der Waals surface area contributed by atoms with E-state index in [-0.39, 0.29) is 5.69 Å². The van der Waals surface area contributed by atoms with E-state index in [1.807, 2.05) is 18.2 Å². The van der Waals surface area contributed by atoms with Crippen LogP contribution in [0.3, 0.4) is 0 Å². The molecule has 0 unspecified atom stereocenters. The quantitative estimate of drug-likeness (QED) is 0.375. The van der Waals surface area contributed by atoms with Crippen molar-refractivity contribution < 1.29 is 4.92 Å². The lowest BCUT2D eigenvalue weighted by atomic mass is 10.2. The third kappa shape index (κ3) is 3.34. The first-order valence-corrected chi connectivity index (χ1v) is 8.22. The van der Waals surface area contributed by atoms with Gasteiger partial charge in [0.15, 0.2) is 4.34 Å². The number of nitrogens with zero attached hydrogens (tertiary/aromatic N) is 2. The number of benzene rings is 2. The summed E-state index contributed by atoms with van der Waals surface area (Å²) in [5, 5.41) is 11.3. The maximum Gasteiger partial charge on any atom is 0.269 e. The van der Waals surface area contributed by atoms with Crippen LogP contribution in [0.4, 0.5) is 5.69 Å². The molecule has 1 aromatic heterocycles. The average molecular weight is 337 g/mol. The Morgan fingerprint density at radius 2 is 2.00 bits per heavy atom. The van der Waals surface area contributed by atoms with Crippen molar-refractivity contribution in [2.75, 3.05) is 0 Å². The number of fused-ring (bicyclic) bond motifs is 1. The molecule has 106 valence electrons. The van der Waals surface area contributed by atoms with Gasteiger partial charge in [0.25, 0.3) is 5.69 Å². The van der Waals surface area contributed by atoms with Crippen LogP contribution in [0.2, 0.25) is 5.02 Å². The van der Waals surface area contributed by atoms with Gasteiger partial charge in [-0.1, -0.05) is 35.5 Å². The Morgan fingerprint density at radius 1 is 1.24 bits per heavy atom. The van der Waals surface area contributed by atoms with Gasteiger partial charge in [0.05, 0.1) is 15.1 Å². The summed E-state index contributed by atoms with van der Waals surface area (Å²) in [6.07, 6.45) is 0. The van der Waals surface area contributed by atoms with Crippen molar-refractivity contribution in [2.24, 2.45) is 0 Å². The predicted octanol–water partition coefficient (Wildman–Crippen LogP) is 5.15. The smallest absolute Gasteiger partial charge is 0.258 e. The molecular formula is C14H9ClN2O2S2. The Hall–Kier alpha value is -1.63. The molecule has 0 aliphatic carbocycles. The molecule has 0 amide bonds. The fourth-order valence-electron chi connectivity index (χ4n) is 1.80. The zero-order valence-corrected chi connectivity index (χ0v) is 13.0. The highest BCUT2D eigenvalue weighted by atomic mass is 35.5. The zero-order valence-electron chi connectivity index (χ0n) is 10.7. The Balaban J connectivity index is 1.72. The number of non-ortho nitro benzene ring substituents is 1. The van der Waals surface area contributed by atoms with Crippen LogP contribution in [-0.2, 0) is 5.75 Å². The molecular weight excluding hydrogens is 328 g/mol. The molecule has 3 aromatic rings. The van der Waals surface area contributed by atoms with E-state index in [1.165, 1.54) is 12.1 Å². The van der Waals surface area contributed by atoms with Crippen molar-refractivity contribution in [3.8, 4) is 0 Å². The van der Waals surface area contributed by atoms with Crippen LogP contribution in [0, 0.1) is 10.1 Å². The van der Waals surface area contributed by atoms with Crippen molar-refractivity contribution in [1.82, 2.24) is 4.98 Å². The third-order valence-corrected chi connectivity index (χ3v) is 5.33. The molecule has 4 nitrogen and oxygen atoms in total. The van der Waals surface area contributed by atoms with Gasteiger partial charge >= 0.3 is 0 Å². The lowest BCUT2D eigenvalue weighted by Crippen LogP contribution is -1.88. The highest BCUT2D eigenvalue weighted by Crippen LogP contribution is 2.32. The third-order valence-electron chi connectivity index (χ3n) is 2.84. The maximum atomic E-state index is 10.6. The molecule has 0 atom stereocenters. The van der Waals surface area contributed by atoms with Crippen LogP contribution in [0.1, 0.15) is 5.56 Å². The van der Waals surface area contributed by atoms with Crippen LogP contribution in [0.5, 0.6) is 0 Å². The van der Waals surface area contributed by atoms with Gasteiger partial charge in [-0.15, -0.1) is 11.3 Å². The van der Waals surface area contributed by atoms with Crippen LogP contribution < -0.4 is 0 Å². The summed E-state index contributed by atoms with van der Waals surface area (Å²) in [7, 11) is 0. The number of aromatic nitrogens is 1. The highest BCUT2D eigenvalue weighted by molar-refractivity contribution is 8.00. The standard InChI is InChI=1S/C14H9ClN2O2S2/c15-10-3-6-13-12(7-10)16-14(21-13)20-8-9-1-4-11(5-2-9)17(18)19/h1-7H,8H2. The number of nitro benzene ring substituents is 1. The number of nitro groups is 1. The van der Waals surface area contributed by atoms with Gasteiger partial charge in [-0.2, -0.15) is 0 Å². The SMILES string of the molecule is O=[N+]([O-])c1ccc(CSc2nc3cc(Cl)ccc3s2)cc1. The van der Waals surface area contributed by atoms with Crippen LogP contribution >= 0.6 is 34.7 Å². The molecule has 0 saturated heterocycles. The lowest BCUT2D eigenvalue weighted by molar-refractivity contribution is -0.384. The Morgan fingerprint density at radius 3 is 2.71 bits per heavy atom. The highest BCUT2D eigenvalue weighted by Gasteiger charge is 2.07. The van der Waals surface area contributed by atoms with E-state index in [2.05, 4.69) is 4.98 Å². The van der Waals surface area contributed by atoms with Crippen LogP contribution in [0.15, 0.2) is 46.8 Å². The molecule has 0 radical (unpaired) electrons. The van der Waals surface area contributed by atoms with E-state index in [1.54, 1.807) is 35.2 Å². The maximum absolute atomic E-state index is 10.6. The van der Waals surface area contributed by atoms with E-state index in [0.29, 0.717) is 5.02 Å². The minimum Gasteiger partial charge on any atom is -0.258 e. The molecule has 0 bridgehead atoms. The van der Waals surface area contributed by atoms with Crippen LogP contribution in [-0.4, -0.2) is 9.91 Å². The first kappa shape index (κ1) is 14.3. The predicted molar refractivity (Wildman–Crippen MR) is 87.3 cm³/mol. The lowest BCUT2D eigenvalue weighted by Gasteiger charge is -1.98. The normalized spacial score (nSPS) is 10.9. The minimum atomic E-state index is -0.395. The summed E-state index contributed by atoms with van der Waals surface area (Å²) in [6, 6.07) is 12.3. The zero-order chi connectivity index (χ0) is 14.8. The van der Waals surface area contributed by atoms with Crippen molar-refractivity contribution >= 4 is 50.6 Å². The Bertz CT molecular complexity index is 802. The number of thioether (sulfide) groups is 1. The molecule has 2 aromatic carbocycles. The Kier molecular flexibility index (Phi) is 4.10. The van der Waals surface area contributed by atoms with Gasteiger partial charge in [0.2, 0.25) is 0 Å². The van der Waals surface area contributed by atoms with Gasteiger partial charge in [0.1, 0.15) is 0 Å². The van der Waals surface area contributed by atoms with Gasteiger partial charge < -0.3 is 0 Å². The summed E-state index contributed by atoms with van der Waals surface area (Å²) >= 11 is 9.18. The molecule has 0 N–H and O–H groups in total. The number of hydrogen-bond donors (Lipinski definition) is 0. The topological polar surface area (TPSA) is 56.0 Å². The van der Waals surface area contributed by atoms with Crippen LogP contribution in [0.25, 0.3) is 10.2 Å². The van der Waals surface area contributed by atoms with Gasteiger partial charge in [-0.05, 0) is 23.8 Å². The van der Waals surface area contributed by atoms with E-state index >= 15 is 0 Å². The summed E-state index contributed by atoms with van der Waals surface area (Å²) in [5.74, 6) is 0.728. The molecule has 0 aliphatic heterocycles. The second kappa shape index (κ2) is 6.01. The van der Waals surface area contributed by atoms with Crippen molar-refractivity contribution in [1.29, 1.82) is 0 Å². The van der Waals surface area contributed by atoms with Crippen molar-refractivity contribution in [3.05, 3.63) is 63.2 Å². The summed E-state index contributed by atoms with van der Waals surface area (Å²) in [6.45, 7) is 0. The average Bonchev–Trinajstić information content (AvgIpc) is 2.87. The summed E-state index contributed by atoms with van der Waals surface area (Å²) in [4.78, 5) is 14.7. The van der Waals surface area contributed by atoms with Gasteiger partial charge in [0, 0.05) is 22.9 Å². The molecule has 7 heteroatoms. The number of halogens is 1. The Labute approximate surface area is 133 Å². The molecule has 0 spiro atoms. The fraction of sp³-hybridized carbons (Fsp3) is 0.0714. The molecule has 3 rings (SSSR count). The van der Waals surface area contributed by atoms with E-state index in [4.69, 9.17) is 11.6 Å². The summed E-state index contributed by atoms with van der Waals surface area (Å²) < 4.78 is 2.07. The summed E-state index contributed by atoms with van der Waals surface area (Å²) in [5.41, 5.74) is 2.04. The van der Waals surface area contributed by atoms with Crippen molar-refractivity contribution in [3.63, 3.8) is 0 Å². The number of rotatable bonds is 4. The molecule has 1 heterocycles. The molecule has 21 heavy (non-hydrogen) atoms. The molecule has 0 saturated carbocycles. The van der Waals surface area contributed by atoms with Gasteiger partial charge in [-0.25, -0.2) is 4.98 Å². The molecule has 0 fully saturated rings. The second-order valence-electron chi connectivity index (χ2n) is 4.30.